The fourth-order valence-corrected chi connectivity index (χ4v) is 3.58. The number of carbonyl (C=O) groups is 1. The summed E-state index contributed by atoms with van der Waals surface area (Å²) in [4.78, 5) is 28.3. The Morgan fingerprint density at radius 3 is 2.63 bits per heavy atom. The molecule has 0 atom stereocenters. The lowest BCUT2D eigenvalue weighted by atomic mass is 10.0. The number of pyridine rings is 1. The molecule has 7 heteroatoms. The molecular formula is C23H25N5O2. The second kappa shape index (κ2) is 9.00. The third-order valence-corrected chi connectivity index (χ3v) is 5.30. The number of hydrogen-bond donors (Lipinski definition) is 1. The summed E-state index contributed by atoms with van der Waals surface area (Å²) in [5, 5.41) is 0. The predicted molar refractivity (Wildman–Crippen MR) is 117 cm³/mol. The number of carbonyl (C=O) groups excluding carboxylic acids is 1. The van der Waals surface area contributed by atoms with Gasteiger partial charge in [-0.05, 0) is 18.1 Å². The minimum absolute atomic E-state index is 0.144. The number of aromatic nitrogens is 3. The molecule has 0 bridgehead atoms. The lowest BCUT2D eigenvalue weighted by molar-refractivity contribution is 0.0988. The van der Waals surface area contributed by atoms with Crippen LogP contribution < -0.4 is 10.6 Å². The largest absolute Gasteiger partial charge is 0.382 e. The van der Waals surface area contributed by atoms with Gasteiger partial charge in [0.05, 0.1) is 25.1 Å². The van der Waals surface area contributed by atoms with Gasteiger partial charge in [0.2, 0.25) is 0 Å². The maximum atomic E-state index is 13.1. The molecule has 0 amide bonds. The molecule has 1 aliphatic rings. The zero-order chi connectivity index (χ0) is 20.9. The van der Waals surface area contributed by atoms with Gasteiger partial charge in [0, 0.05) is 48.7 Å². The smallest absolute Gasteiger partial charge is 0.189 e. The van der Waals surface area contributed by atoms with Crippen molar-refractivity contribution in [1.82, 2.24) is 15.0 Å². The number of nitrogen functional groups attached to an aromatic ring is 1. The minimum Gasteiger partial charge on any atom is -0.382 e. The first-order valence-electron chi connectivity index (χ1n) is 10.2. The third kappa shape index (κ3) is 4.31. The summed E-state index contributed by atoms with van der Waals surface area (Å²) < 4.78 is 5.44. The fraction of sp³-hybridized carbons (Fsp3) is 0.304. The van der Waals surface area contributed by atoms with Gasteiger partial charge >= 0.3 is 0 Å². The lowest BCUT2D eigenvalue weighted by Crippen LogP contribution is -2.37. The molecule has 0 radical (unpaired) electrons. The molecule has 2 N–H and O–H groups in total. The van der Waals surface area contributed by atoms with Crippen LogP contribution in [0.2, 0.25) is 0 Å². The van der Waals surface area contributed by atoms with E-state index in [1.807, 2.05) is 18.2 Å². The van der Waals surface area contributed by atoms with E-state index in [0.29, 0.717) is 18.9 Å². The summed E-state index contributed by atoms with van der Waals surface area (Å²) in [6.07, 6.45) is 6.22. The highest BCUT2D eigenvalue weighted by Gasteiger charge is 2.20. The highest BCUT2D eigenvalue weighted by molar-refractivity contribution is 6.00. The third-order valence-electron chi connectivity index (χ3n) is 5.30. The van der Waals surface area contributed by atoms with Crippen molar-refractivity contribution in [3.63, 3.8) is 0 Å². The van der Waals surface area contributed by atoms with Crippen LogP contribution in [-0.4, -0.2) is 47.0 Å². The van der Waals surface area contributed by atoms with Crippen LogP contribution in [-0.2, 0) is 17.6 Å². The van der Waals surface area contributed by atoms with Crippen LogP contribution in [0.5, 0.6) is 0 Å². The van der Waals surface area contributed by atoms with Gasteiger partial charge in [0.1, 0.15) is 5.69 Å². The fourth-order valence-electron chi connectivity index (χ4n) is 3.58. The van der Waals surface area contributed by atoms with Gasteiger partial charge in [-0.25, -0.2) is 9.97 Å². The number of aryl methyl sites for hydroxylation is 1. The molecule has 4 rings (SSSR count). The SMILES string of the molecule is CCc1ccc(-c2cnc(N)c(C(=O)Cc3cnccc3N3CCOCC3)n2)cc1. The molecule has 0 spiro atoms. The van der Waals surface area contributed by atoms with Crippen LogP contribution in [0.15, 0.2) is 48.9 Å². The monoisotopic (exact) mass is 403 g/mol. The number of anilines is 2. The Hall–Kier alpha value is -3.32. The Labute approximate surface area is 175 Å². The van der Waals surface area contributed by atoms with Gasteiger partial charge < -0.3 is 15.4 Å². The number of nitrogens with zero attached hydrogens (tertiary/aromatic N) is 4. The van der Waals surface area contributed by atoms with Crippen molar-refractivity contribution >= 4 is 17.3 Å². The zero-order valence-corrected chi connectivity index (χ0v) is 17.0. The summed E-state index contributed by atoms with van der Waals surface area (Å²) in [5.41, 5.74) is 10.8. The normalized spacial score (nSPS) is 14.0. The van der Waals surface area contributed by atoms with Crippen LogP contribution in [0, 0.1) is 0 Å². The number of benzene rings is 1. The number of Topliss-reactive ketones (excluding diaryl/α,β-unsaturated/α-hetero) is 1. The molecule has 0 unspecified atom stereocenters. The van der Waals surface area contributed by atoms with Crippen LogP contribution in [0.25, 0.3) is 11.3 Å². The summed E-state index contributed by atoms with van der Waals surface area (Å²) >= 11 is 0. The van der Waals surface area contributed by atoms with Crippen molar-refractivity contribution in [3.05, 3.63) is 65.7 Å². The molecule has 0 saturated carbocycles. The van der Waals surface area contributed by atoms with Crippen LogP contribution >= 0.6 is 0 Å². The van der Waals surface area contributed by atoms with Crippen molar-refractivity contribution in [2.45, 2.75) is 19.8 Å². The van der Waals surface area contributed by atoms with E-state index < -0.39 is 0 Å². The zero-order valence-electron chi connectivity index (χ0n) is 17.0. The molecule has 1 aromatic carbocycles. The van der Waals surface area contributed by atoms with E-state index in [1.54, 1.807) is 18.6 Å². The molecule has 30 heavy (non-hydrogen) atoms. The number of ether oxygens (including phenoxy) is 1. The van der Waals surface area contributed by atoms with Crippen molar-refractivity contribution < 1.29 is 9.53 Å². The van der Waals surface area contributed by atoms with Crippen molar-refractivity contribution in [3.8, 4) is 11.3 Å². The second-order valence-electron chi connectivity index (χ2n) is 7.24. The Bertz CT molecular complexity index is 1030. The van der Waals surface area contributed by atoms with Crippen LogP contribution in [0.3, 0.4) is 0 Å². The topological polar surface area (TPSA) is 94.2 Å². The second-order valence-corrected chi connectivity index (χ2v) is 7.24. The minimum atomic E-state index is -0.172. The highest BCUT2D eigenvalue weighted by atomic mass is 16.5. The highest BCUT2D eigenvalue weighted by Crippen LogP contribution is 2.24. The van der Waals surface area contributed by atoms with Crippen LogP contribution in [0.1, 0.15) is 28.5 Å². The average Bonchev–Trinajstić information content (AvgIpc) is 2.80. The van der Waals surface area contributed by atoms with Crippen molar-refractivity contribution in [2.24, 2.45) is 0 Å². The van der Waals surface area contributed by atoms with E-state index in [2.05, 4.69) is 38.9 Å². The van der Waals surface area contributed by atoms with E-state index >= 15 is 0 Å². The molecule has 1 fully saturated rings. The summed E-state index contributed by atoms with van der Waals surface area (Å²) in [6, 6.07) is 10.0. The molecule has 1 saturated heterocycles. The molecule has 0 aliphatic carbocycles. The van der Waals surface area contributed by atoms with E-state index in [0.717, 1.165) is 36.3 Å². The maximum absolute atomic E-state index is 13.1. The quantitative estimate of drug-likeness (QED) is 0.632. The van der Waals surface area contributed by atoms with Crippen LogP contribution in [0.4, 0.5) is 11.5 Å². The Balaban J connectivity index is 1.59. The first kappa shape index (κ1) is 20.0. The van der Waals surface area contributed by atoms with Gasteiger partial charge in [-0.2, -0.15) is 0 Å². The Kier molecular flexibility index (Phi) is 5.99. The van der Waals surface area contributed by atoms with E-state index in [4.69, 9.17) is 10.5 Å². The molecule has 3 aromatic rings. The summed E-state index contributed by atoms with van der Waals surface area (Å²) in [6.45, 7) is 5.03. The summed E-state index contributed by atoms with van der Waals surface area (Å²) in [7, 11) is 0. The number of morpholine rings is 1. The number of rotatable bonds is 6. The first-order chi connectivity index (χ1) is 14.7. The average molecular weight is 403 g/mol. The molecule has 2 aromatic heterocycles. The van der Waals surface area contributed by atoms with Gasteiger partial charge in [-0.3, -0.25) is 9.78 Å². The number of hydrogen-bond acceptors (Lipinski definition) is 7. The van der Waals surface area contributed by atoms with E-state index in [-0.39, 0.29) is 23.7 Å². The standard InChI is InChI=1S/C23H25N5O2/c1-2-16-3-5-17(6-4-16)19-15-26-23(24)22(27-19)21(29)13-18-14-25-8-7-20(18)28-9-11-30-12-10-28/h3-8,14-15H,2,9-13H2,1H3,(H2,24,26). The number of nitrogens with two attached hydrogens (primary N) is 1. The molecule has 1 aliphatic heterocycles. The number of ketones is 1. The van der Waals surface area contributed by atoms with Crippen molar-refractivity contribution in [1.29, 1.82) is 0 Å². The van der Waals surface area contributed by atoms with E-state index in [9.17, 15) is 4.79 Å². The Morgan fingerprint density at radius 2 is 1.90 bits per heavy atom. The Morgan fingerprint density at radius 1 is 1.13 bits per heavy atom. The lowest BCUT2D eigenvalue weighted by Gasteiger charge is -2.30. The van der Waals surface area contributed by atoms with Gasteiger partial charge in [0.15, 0.2) is 11.6 Å². The first-order valence-corrected chi connectivity index (χ1v) is 10.2. The molecule has 3 heterocycles. The molecule has 154 valence electrons. The van der Waals surface area contributed by atoms with Crippen molar-refractivity contribution in [2.75, 3.05) is 36.9 Å². The van der Waals surface area contributed by atoms with Gasteiger partial charge in [-0.1, -0.05) is 31.2 Å². The predicted octanol–water partition coefficient (Wildman–Crippen LogP) is 2.95. The summed E-state index contributed by atoms with van der Waals surface area (Å²) in [5.74, 6) is -0.0275. The van der Waals surface area contributed by atoms with Gasteiger partial charge in [0.25, 0.3) is 0 Å². The molecule has 7 nitrogen and oxygen atoms in total. The maximum Gasteiger partial charge on any atom is 0.189 e. The van der Waals surface area contributed by atoms with Gasteiger partial charge in [-0.15, -0.1) is 0 Å². The van der Waals surface area contributed by atoms with E-state index in [1.165, 1.54) is 5.56 Å². The molecular weight excluding hydrogens is 378 g/mol.